The van der Waals surface area contributed by atoms with E-state index in [0.717, 1.165) is 6.54 Å². The number of hydrogen-bond donors (Lipinski definition) is 3. The summed E-state index contributed by atoms with van der Waals surface area (Å²) in [5, 5.41) is 11.0. The van der Waals surface area contributed by atoms with Crippen molar-refractivity contribution in [3.63, 3.8) is 0 Å². The van der Waals surface area contributed by atoms with Crippen LogP contribution in [0.15, 0.2) is 0 Å². The topological polar surface area (TPSA) is 105 Å². The second kappa shape index (κ2) is 9.81. The number of nitrogens with zero attached hydrogens (tertiary/aromatic N) is 1. The molecular weight excluding hydrogens is 238 g/mol. The number of nitrogens with one attached hydrogen (secondary N) is 1. The molecule has 7 nitrogen and oxygen atoms in total. The number of carboxylic acids is 1. The summed E-state index contributed by atoms with van der Waals surface area (Å²) in [6.07, 6.45) is 0.0383. The Morgan fingerprint density at radius 1 is 1.39 bits per heavy atom. The number of amides is 1. The molecule has 0 aromatic heterocycles. The first-order valence-corrected chi connectivity index (χ1v) is 5.91. The maximum Gasteiger partial charge on any atom is 0.303 e. The average Bonchev–Trinajstić information content (AvgIpc) is 2.29. The zero-order valence-electron chi connectivity index (χ0n) is 11.0. The quantitative estimate of drug-likeness (QED) is 0.430. The van der Waals surface area contributed by atoms with E-state index in [2.05, 4.69) is 5.32 Å². The monoisotopic (exact) mass is 261 g/mol. The fraction of sp³-hybridized carbons (Fsp3) is 0.818. The molecule has 0 saturated carbocycles. The molecule has 106 valence electrons. The second-order valence-corrected chi connectivity index (χ2v) is 4.25. The Morgan fingerprint density at radius 2 is 2.06 bits per heavy atom. The number of carbonyl (C=O) groups is 2. The third-order valence-electron chi connectivity index (χ3n) is 2.23. The first kappa shape index (κ1) is 16.8. The predicted molar refractivity (Wildman–Crippen MR) is 67.2 cm³/mol. The fourth-order valence-electron chi connectivity index (χ4n) is 1.14. The molecular formula is C11H23N3O4. The molecule has 4 N–H and O–H groups in total. The third-order valence-corrected chi connectivity index (χ3v) is 2.23. The van der Waals surface area contributed by atoms with Gasteiger partial charge < -0.3 is 25.8 Å². The Morgan fingerprint density at radius 3 is 2.61 bits per heavy atom. The third kappa shape index (κ3) is 10.0. The largest absolute Gasteiger partial charge is 0.481 e. The van der Waals surface area contributed by atoms with Gasteiger partial charge in [-0.2, -0.15) is 0 Å². The Balaban J connectivity index is 3.49. The van der Waals surface area contributed by atoms with E-state index in [1.165, 1.54) is 0 Å². The van der Waals surface area contributed by atoms with E-state index in [-0.39, 0.29) is 18.7 Å². The van der Waals surface area contributed by atoms with Crippen LogP contribution >= 0.6 is 0 Å². The Bertz CT molecular complexity index is 259. The van der Waals surface area contributed by atoms with E-state index in [4.69, 9.17) is 15.6 Å². The number of ether oxygens (including phenoxy) is 1. The standard InChI is InChI=1S/C11H23N3O4/c1-14(2)6-8-18-7-5-13-11(17)9(12)3-4-10(15)16/h9H,3-8,12H2,1-2H3,(H,13,17)(H,15,16). The average molecular weight is 261 g/mol. The van der Waals surface area contributed by atoms with E-state index in [9.17, 15) is 9.59 Å². The van der Waals surface area contributed by atoms with Crippen LogP contribution in [-0.4, -0.2) is 68.3 Å². The van der Waals surface area contributed by atoms with Crippen molar-refractivity contribution in [3.05, 3.63) is 0 Å². The lowest BCUT2D eigenvalue weighted by molar-refractivity contribution is -0.137. The Labute approximate surface area is 107 Å². The molecule has 1 atom stereocenters. The van der Waals surface area contributed by atoms with Gasteiger partial charge in [-0.1, -0.05) is 0 Å². The number of rotatable bonds is 10. The summed E-state index contributed by atoms with van der Waals surface area (Å²) in [5.41, 5.74) is 5.52. The van der Waals surface area contributed by atoms with Gasteiger partial charge in [0.2, 0.25) is 5.91 Å². The number of aliphatic carboxylic acids is 1. The van der Waals surface area contributed by atoms with Crippen LogP contribution in [0, 0.1) is 0 Å². The van der Waals surface area contributed by atoms with Crippen molar-refractivity contribution >= 4 is 11.9 Å². The highest BCUT2D eigenvalue weighted by Crippen LogP contribution is 1.94. The minimum atomic E-state index is -0.953. The van der Waals surface area contributed by atoms with Crippen molar-refractivity contribution in [2.75, 3.05) is 40.4 Å². The van der Waals surface area contributed by atoms with E-state index in [1.807, 2.05) is 19.0 Å². The summed E-state index contributed by atoms with van der Waals surface area (Å²) < 4.78 is 5.28. The molecule has 7 heteroatoms. The van der Waals surface area contributed by atoms with Crippen LogP contribution in [-0.2, 0) is 14.3 Å². The summed E-state index contributed by atoms with van der Waals surface area (Å²) >= 11 is 0. The molecule has 0 aromatic rings. The lowest BCUT2D eigenvalue weighted by atomic mass is 10.1. The van der Waals surface area contributed by atoms with Gasteiger partial charge in [0.05, 0.1) is 19.3 Å². The summed E-state index contributed by atoms with van der Waals surface area (Å²) in [5.74, 6) is -1.29. The molecule has 0 radical (unpaired) electrons. The Kier molecular flexibility index (Phi) is 9.17. The minimum absolute atomic E-state index is 0.103. The minimum Gasteiger partial charge on any atom is -0.481 e. The molecule has 0 aliphatic heterocycles. The number of carboxylic acid groups (broad SMARTS) is 1. The van der Waals surface area contributed by atoms with Gasteiger partial charge >= 0.3 is 5.97 Å². The van der Waals surface area contributed by atoms with Crippen molar-refractivity contribution in [2.24, 2.45) is 5.73 Å². The van der Waals surface area contributed by atoms with Crippen molar-refractivity contribution in [1.29, 1.82) is 0 Å². The van der Waals surface area contributed by atoms with Gasteiger partial charge in [-0.15, -0.1) is 0 Å². The lowest BCUT2D eigenvalue weighted by Crippen LogP contribution is -2.42. The molecule has 1 amide bonds. The van der Waals surface area contributed by atoms with Gasteiger partial charge in [0, 0.05) is 19.5 Å². The zero-order chi connectivity index (χ0) is 14.0. The van der Waals surface area contributed by atoms with Gasteiger partial charge in [0.1, 0.15) is 0 Å². The van der Waals surface area contributed by atoms with Gasteiger partial charge in [0.25, 0.3) is 0 Å². The van der Waals surface area contributed by atoms with Crippen molar-refractivity contribution in [2.45, 2.75) is 18.9 Å². The summed E-state index contributed by atoms with van der Waals surface area (Å²) in [4.78, 5) is 23.7. The van der Waals surface area contributed by atoms with Crippen LogP contribution in [0.4, 0.5) is 0 Å². The predicted octanol–water partition coefficient (Wildman–Crippen LogP) is -1.13. The number of likely N-dealkylation sites (N-methyl/N-ethyl adjacent to an activating group) is 1. The molecule has 0 rings (SSSR count). The highest BCUT2D eigenvalue weighted by atomic mass is 16.5. The maximum atomic E-state index is 11.4. The van der Waals surface area contributed by atoms with Gasteiger partial charge in [-0.05, 0) is 20.5 Å². The smallest absolute Gasteiger partial charge is 0.303 e. The van der Waals surface area contributed by atoms with Crippen LogP contribution in [0.25, 0.3) is 0 Å². The summed E-state index contributed by atoms with van der Waals surface area (Å²) in [6.45, 7) is 2.23. The van der Waals surface area contributed by atoms with Crippen molar-refractivity contribution < 1.29 is 19.4 Å². The molecule has 0 heterocycles. The highest BCUT2D eigenvalue weighted by Gasteiger charge is 2.13. The van der Waals surface area contributed by atoms with E-state index < -0.39 is 12.0 Å². The molecule has 0 aliphatic carbocycles. The molecule has 1 unspecified atom stereocenters. The summed E-state index contributed by atoms with van der Waals surface area (Å²) in [7, 11) is 3.90. The molecule has 0 spiro atoms. The SMILES string of the molecule is CN(C)CCOCCNC(=O)C(N)CCC(=O)O. The highest BCUT2D eigenvalue weighted by molar-refractivity contribution is 5.82. The zero-order valence-corrected chi connectivity index (χ0v) is 11.0. The Hall–Kier alpha value is -1.18. The van der Waals surface area contributed by atoms with Crippen LogP contribution in [0.1, 0.15) is 12.8 Å². The number of hydrogen-bond acceptors (Lipinski definition) is 5. The van der Waals surface area contributed by atoms with Crippen LogP contribution in [0.2, 0.25) is 0 Å². The normalized spacial score (nSPS) is 12.4. The molecule has 0 saturated heterocycles. The summed E-state index contributed by atoms with van der Waals surface area (Å²) in [6, 6.07) is -0.775. The van der Waals surface area contributed by atoms with Crippen LogP contribution < -0.4 is 11.1 Å². The van der Waals surface area contributed by atoms with E-state index >= 15 is 0 Å². The molecule has 0 fully saturated rings. The molecule has 0 bridgehead atoms. The van der Waals surface area contributed by atoms with Crippen molar-refractivity contribution in [3.8, 4) is 0 Å². The van der Waals surface area contributed by atoms with E-state index in [1.54, 1.807) is 0 Å². The van der Waals surface area contributed by atoms with Gasteiger partial charge in [-0.25, -0.2) is 0 Å². The van der Waals surface area contributed by atoms with Crippen LogP contribution in [0.3, 0.4) is 0 Å². The maximum absolute atomic E-state index is 11.4. The number of nitrogens with two attached hydrogens (primary N) is 1. The number of carbonyl (C=O) groups excluding carboxylic acids is 1. The lowest BCUT2D eigenvalue weighted by Gasteiger charge is -2.12. The van der Waals surface area contributed by atoms with Gasteiger partial charge in [0.15, 0.2) is 0 Å². The molecule has 0 aromatic carbocycles. The fourth-order valence-corrected chi connectivity index (χ4v) is 1.14. The second-order valence-electron chi connectivity index (χ2n) is 4.25. The van der Waals surface area contributed by atoms with Gasteiger partial charge in [-0.3, -0.25) is 9.59 Å². The molecule has 18 heavy (non-hydrogen) atoms. The first-order valence-electron chi connectivity index (χ1n) is 5.91. The molecule has 0 aliphatic rings. The van der Waals surface area contributed by atoms with Crippen molar-refractivity contribution in [1.82, 2.24) is 10.2 Å². The van der Waals surface area contributed by atoms with Crippen LogP contribution in [0.5, 0.6) is 0 Å². The first-order chi connectivity index (χ1) is 8.43. The van der Waals surface area contributed by atoms with E-state index in [0.29, 0.717) is 19.8 Å².